The molecule has 1 rings (SSSR count). The largest absolute Gasteiger partial charge is 0.337 e. The van der Waals surface area contributed by atoms with Crippen molar-refractivity contribution in [3.05, 3.63) is 24.7 Å². The molecule has 0 unspecified atom stereocenters. The SMILES string of the molecule is C=C1N(C)C=CC/C=N/N1C. The average Bonchev–Trinajstić information content (AvgIpc) is 2.00. The van der Waals surface area contributed by atoms with Gasteiger partial charge in [0, 0.05) is 32.9 Å². The van der Waals surface area contributed by atoms with Crippen molar-refractivity contribution in [2.24, 2.45) is 5.10 Å². The van der Waals surface area contributed by atoms with Crippen molar-refractivity contribution < 1.29 is 0 Å². The minimum Gasteiger partial charge on any atom is -0.337 e. The topological polar surface area (TPSA) is 18.8 Å². The van der Waals surface area contributed by atoms with Gasteiger partial charge < -0.3 is 4.90 Å². The Balaban J connectivity index is 2.75. The van der Waals surface area contributed by atoms with Crippen molar-refractivity contribution >= 4 is 6.21 Å². The Bertz CT molecular complexity index is 185. The summed E-state index contributed by atoms with van der Waals surface area (Å²) in [5.74, 6) is 0.872. The molecule has 1 aliphatic heterocycles. The number of hydrogen-bond donors (Lipinski definition) is 0. The van der Waals surface area contributed by atoms with Crippen molar-refractivity contribution in [1.82, 2.24) is 9.91 Å². The fourth-order valence-electron chi connectivity index (χ4n) is 0.830. The minimum atomic E-state index is 0.872. The van der Waals surface area contributed by atoms with Crippen LogP contribution in [-0.4, -0.2) is 30.2 Å². The molecule has 0 fully saturated rings. The Kier molecular flexibility index (Phi) is 2.31. The van der Waals surface area contributed by atoms with Gasteiger partial charge >= 0.3 is 0 Å². The number of allylic oxidation sites excluding steroid dienone is 1. The van der Waals surface area contributed by atoms with Gasteiger partial charge in [-0.15, -0.1) is 0 Å². The van der Waals surface area contributed by atoms with Crippen LogP contribution in [0.5, 0.6) is 0 Å². The molecule has 0 saturated carbocycles. The summed E-state index contributed by atoms with van der Waals surface area (Å²) in [5.41, 5.74) is 0. The third-order valence-corrected chi connectivity index (χ3v) is 1.61. The van der Waals surface area contributed by atoms with Gasteiger partial charge in [0.05, 0.1) is 0 Å². The van der Waals surface area contributed by atoms with Crippen molar-refractivity contribution in [2.75, 3.05) is 14.1 Å². The first kappa shape index (κ1) is 7.85. The highest BCUT2D eigenvalue weighted by Crippen LogP contribution is 2.06. The third kappa shape index (κ3) is 1.83. The van der Waals surface area contributed by atoms with Gasteiger partial charge in [0.15, 0.2) is 0 Å². The zero-order chi connectivity index (χ0) is 8.27. The maximum absolute atomic E-state index is 4.13. The van der Waals surface area contributed by atoms with E-state index in [1.54, 1.807) is 5.01 Å². The molecule has 3 nitrogen and oxygen atoms in total. The molecular formula is C8H13N3. The van der Waals surface area contributed by atoms with Crippen LogP contribution in [0.1, 0.15) is 6.42 Å². The standard InChI is InChI=1S/C8H13N3/c1-8-10(2)7-5-4-6-9-11(8)3/h5-7H,1,4H2,2-3H3/b7-5?,9-6+. The molecule has 0 atom stereocenters. The molecule has 0 aromatic rings. The minimum absolute atomic E-state index is 0.872. The van der Waals surface area contributed by atoms with Gasteiger partial charge in [-0.2, -0.15) is 5.10 Å². The molecule has 1 heterocycles. The predicted octanol–water partition coefficient (Wildman–Crippen LogP) is 1.22. The number of nitrogens with zero attached hydrogens (tertiary/aromatic N) is 3. The Morgan fingerprint density at radius 3 is 3.00 bits per heavy atom. The highest BCUT2D eigenvalue weighted by Gasteiger charge is 2.03. The van der Waals surface area contributed by atoms with Crippen molar-refractivity contribution in [2.45, 2.75) is 6.42 Å². The highest BCUT2D eigenvalue weighted by molar-refractivity contribution is 5.59. The molecule has 11 heavy (non-hydrogen) atoms. The summed E-state index contributed by atoms with van der Waals surface area (Å²) in [6.07, 6.45) is 6.77. The third-order valence-electron chi connectivity index (χ3n) is 1.61. The molecule has 1 aliphatic rings. The molecule has 0 aromatic carbocycles. The second-order valence-corrected chi connectivity index (χ2v) is 2.47. The van der Waals surface area contributed by atoms with Crippen molar-refractivity contribution in [3.63, 3.8) is 0 Å². The maximum Gasteiger partial charge on any atom is 0.121 e. The average molecular weight is 151 g/mol. The van der Waals surface area contributed by atoms with E-state index >= 15 is 0 Å². The van der Waals surface area contributed by atoms with E-state index in [1.807, 2.05) is 37.5 Å². The van der Waals surface area contributed by atoms with E-state index in [4.69, 9.17) is 0 Å². The second-order valence-electron chi connectivity index (χ2n) is 2.47. The van der Waals surface area contributed by atoms with E-state index in [2.05, 4.69) is 11.7 Å². The fraction of sp³-hybridized carbons (Fsp3) is 0.375. The van der Waals surface area contributed by atoms with Gasteiger partial charge in [-0.05, 0) is 0 Å². The zero-order valence-electron chi connectivity index (χ0n) is 6.99. The van der Waals surface area contributed by atoms with Crippen LogP contribution in [-0.2, 0) is 0 Å². The molecule has 3 heteroatoms. The zero-order valence-corrected chi connectivity index (χ0v) is 6.99. The normalized spacial score (nSPS) is 21.5. The molecule has 0 amide bonds. The van der Waals surface area contributed by atoms with E-state index in [0.717, 1.165) is 12.2 Å². The lowest BCUT2D eigenvalue weighted by Gasteiger charge is -2.24. The first-order valence-corrected chi connectivity index (χ1v) is 3.56. The summed E-state index contributed by atoms with van der Waals surface area (Å²) in [6.45, 7) is 3.86. The summed E-state index contributed by atoms with van der Waals surface area (Å²) in [7, 11) is 3.84. The molecule has 0 aromatic heterocycles. The second kappa shape index (κ2) is 3.23. The Labute approximate surface area is 67.3 Å². The maximum atomic E-state index is 4.13. The summed E-state index contributed by atoms with van der Waals surface area (Å²) in [6, 6.07) is 0. The predicted molar refractivity (Wildman–Crippen MR) is 46.9 cm³/mol. The number of hydrogen-bond acceptors (Lipinski definition) is 3. The van der Waals surface area contributed by atoms with E-state index in [0.29, 0.717) is 0 Å². The van der Waals surface area contributed by atoms with Crippen LogP contribution in [0.15, 0.2) is 29.8 Å². The van der Waals surface area contributed by atoms with Crippen LogP contribution in [0.4, 0.5) is 0 Å². The highest BCUT2D eigenvalue weighted by atomic mass is 15.5. The van der Waals surface area contributed by atoms with Gasteiger partial charge in [-0.1, -0.05) is 12.7 Å². The van der Waals surface area contributed by atoms with E-state index in [-0.39, 0.29) is 0 Å². The Morgan fingerprint density at radius 2 is 2.27 bits per heavy atom. The fourth-order valence-corrected chi connectivity index (χ4v) is 0.830. The quantitative estimate of drug-likeness (QED) is 0.518. The van der Waals surface area contributed by atoms with E-state index < -0.39 is 0 Å². The summed E-state index contributed by atoms with van der Waals surface area (Å²) in [4.78, 5) is 1.94. The van der Waals surface area contributed by atoms with Gasteiger partial charge in [0.1, 0.15) is 5.82 Å². The van der Waals surface area contributed by atoms with E-state index in [9.17, 15) is 0 Å². The van der Waals surface area contributed by atoms with Crippen LogP contribution in [0.25, 0.3) is 0 Å². The molecule has 60 valence electrons. The Morgan fingerprint density at radius 1 is 1.55 bits per heavy atom. The molecule has 0 spiro atoms. The number of hydrazone groups is 1. The van der Waals surface area contributed by atoms with Crippen LogP contribution in [0.3, 0.4) is 0 Å². The lowest BCUT2D eigenvalue weighted by atomic mass is 10.4. The van der Waals surface area contributed by atoms with Gasteiger partial charge in [-0.3, -0.25) is 5.01 Å². The molecule has 0 radical (unpaired) electrons. The lowest BCUT2D eigenvalue weighted by molar-refractivity contribution is 0.332. The van der Waals surface area contributed by atoms with Crippen LogP contribution < -0.4 is 0 Å². The molecule has 0 saturated heterocycles. The molecule has 0 aliphatic carbocycles. The first-order valence-electron chi connectivity index (χ1n) is 3.56. The van der Waals surface area contributed by atoms with E-state index in [1.165, 1.54) is 0 Å². The van der Waals surface area contributed by atoms with Crippen molar-refractivity contribution in [3.8, 4) is 0 Å². The smallest absolute Gasteiger partial charge is 0.121 e. The van der Waals surface area contributed by atoms with Crippen LogP contribution >= 0.6 is 0 Å². The summed E-state index contributed by atoms with van der Waals surface area (Å²) >= 11 is 0. The summed E-state index contributed by atoms with van der Waals surface area (Å²) < 4.78 is 0. The van der Waals surface area contributed by atoms with Gasteiger partial charge in [-0.25, -0.2) is 0 Å². The number of rotatable bonds is 0. The summed E-state index contributed by atoms with van der Waals surface area (Å²) in [5, 5.41) is 5.88. The molecule has 0 N–H and O–H groups in total. The van der Waals surface area contributed by atoms with Gasteiger partial charge in [0.2, 0.25) is 0 Å². The molecule has 0 bridgehead atoms. The lowest BCUT2D eigenvalue weighted by Crippen LogP contribution is -2.23. The van der Waals surface area contributed by atoms with Crippen molar-refractivity contribution in [1.29, 1.82) is 0 Å². The molecular weight excluding hydrogens is 138 g/mol. The Hall–Kier alpha value is -1.25. The first-order chi connectivity index (χ1) is 5.22. The van der Waals surface area contributed by atoms with Crippen LogP contribution in [0, 0.1) is 0 Å². The van der Waals surface area contributed by atoms with Gasteiger partial charge in [0.25, 0.3) is 0 Å². The van der Waals surface area contributed by atoms with Crippen LogP contribution in [0.2, 0.25) is 0 Å². The monoisotopic (exact) mass is 151 g/mol.